The maximum absolute atomic E-state index is 12.2. The molecule has 1 aromatic rings. The molecule has 0 saturated carbocycles. The van der Waals surface area contributed by atoms with E-state index in [1.54, 1.807) is 20.8 Å². The van der Waals surface area contributed by atoms with E-state index in [4.69, 9.17) is 10.2 Å². The standard InChI is InChI=1S/C11H17NO5S2/c1-7-9(6-8(18-7)10(14)15)19(16,17)12-11(2,3)4-5-13/h6,12-13H,4-5H2,1-3H3,(H,14,15). The molecule has 6 nitrogen and oxygen atoms in total. The second-order valence-corrected chi connectivity index (χ2v) is 7.71. The van der Waals surface area contributed by atoms with Gasteiger partial charge in [-0.2, -0.15) is 0 Å². The van der Waals surface area contributed by atoms with Gasteiger partial charge < -0.3 is 10.2 Å². The Bertz CT molecular complexity index is 574. The monoisotopic (exact) mass is 307 g/mol. The number of sulfonamides is 1. The first-order valence-corrected chi connectivity index (χ1v) is 7.87. The molecule has 0 aromatic carbocycles. The number of hydrogen-bond acceptors (Lipinski definition) is 5. The van der Waals surface area contributed by atoms with Gasteiger partial charge in [0.05, 0.1) is 4.90 Å². The second kappa shape index (κ2) is 5.58. The Morgan fingerprint density at radius 2 is 2.05 bits per heavy atom. The van der Waals surface area contributed by atoms with E-state index in [0.717, 1.165) is 17.4 Å². The number of carboxylic acids is 1. The first kappa shape index (κ1) is 16.1. The molecule has 0 fully saturated rings. The van der Waals surface area contributed by atoms with E-state index in [9.17, 15) is 13.2 Å². The molecule has 0 spiro atoms. The third kappa shape index (κ3) is 4.00. The molecule has 108 valence electrons. The van der Waals surface area contributed by atoms with Crippen LogP contribution in [0.15, 0.2) is 11.0 Å². The van der Waals surface area contributed by atoms with Crippen LogP contribution < -0.4 is 4.72 Å². The number of thiophene rings is 1. The van der Waals surface area contributed by atoms with Crippen molar-refractivity contribution in [2.24, 2.45) is 0 Å². The average molecular weight is 307 g/mol. The first-order chi connectivity index (χ1) is 8.59. The average Bonchev–Trinajstić information content (AvgIpc) is 2.59. The summed E-state index contributed by atoms with van der Waals surface area (Å²) in [5.74, 6) is -1.15. The Kier molecular flexibility index (Phi) is 4.72. The van der Waals surface area contributed by atoms with Gasteiger partial charge in [0.1, 0.15) is 4.88 Å². The zero-order chi connectivity index (χ0) is 14.8. The SMILES string of the molecule is Cc1sc(C(=O)O)cc1S(=O)(=O)NC(C)(C)CCO. The molecule has 0 aliphatic rings. The highest BCUT2D eigenvalue weighted by atomic mass is 32.2. The lowest BCUT2D eigenvalue weighted by molar-refractivity contribution is 0.0702. The maximum Gasteiger partial charge on any atom is 0.345 e. The van der Waals surface area contributed by atoms with E-state index in [1.165, 1.54) is 0 Å². The molecule has 0 saturated heterocycles. The van der Waals surface area contributed by atoms with E-state index in [2.05, 4.69) is 4.72 Å². The molecule has 0 atom stereocenters. The predicted octanol–water partition coefficient (Wildman–Crippen LogP) is 1.19. The summed E-state index contributed by atoms with van der Waals surface area (Å²) in [6.07, 6.45) is 0.265. The minimum absolute atomic E-state index is 0.0159. The van der Waals surface area contributed by atoms with Gasteiger partial charge in [-0.25, -0.2) is 17.9 Å². The number of carbonyl (C=O) groups is 1. The molecule has 0 aliphatic carbocycles. The van der Waals surface area contributed by atoms with Gasteiger partial charge in [-0.3, -0.25) is 0 Å². The molecular formula is C11H17NO5S2. The number of rotatable bonds is 6. The molecule has 1 aromatic heterocycles. The van der Waals surface area contributed by atoms with Crippen molar-refractivity contribution in [3.8, 4) is 0 Å². The van der Waals surface area contributed by atoms with Crippen LogP contribution in [0, 0.1) is 6.92 Å². The van der Waals surface area contributed by atoms with Crippen LogP contribution in [0.3, 0.4) is 0 Å². The van der Waals surface area contributed by atoms with Gasteiger partial charge in [-0.1, -0.05) is 0 Å². The summed E-state index contributed by atoms with van der Waals surface area (Å²) in [6, 6.07) is 1.15. The van der Waals surface area contributed by atoms with Gasteiger partial charge in [0.25, 0.3) is 0 Å². The number of hydrogen-bond donors (Lipinski definition) is 3. The van der Waals surface area contributed by atoms with Crippen LogP contribution in [0.5, 0.6) is 0 Å². The van der Waals surface area contributed by atoms with E-state index in [1.807, 2.05) is 0 Å². The van der Waals surface area contributed by atoms with E-state index in [0.29, 0.717) is 4.88 Å². The van der Waals surface area contributed by atoms with E-state index in [-0.39, 0.29) is 22.8 Å². The van der Waals surface area contributed by atoms with Crippen molar-refractivity contribution in [2.75, 3.05) is 6.61 Å². The lowest BCUT2D eigenvalue weighted by Crippen LogP contribution is -2.43. The Morgan fingerprint density at radius 1 is 1.47 bits per heavy atom. The Hall–Kier alpha value is -0.960. The fourth-order valence-corrected chi connectivity index (χ4v) is 4.46. The molecule has 0 radical (unpaired) electrons. The summed E-state index contributed by atoms with van der Waals surface area (Å²) in [5, 5.41) is 17.8. The third-order valence-electron chi connectivity index (χ3n) is 2.52. The molecule has 0 bridgehead atoms. The molecule has 1 rings (SSSR count). The lowest BCUT2D eigenvalue weighted by Gasteiger charge is -2.24. The minimum atomic E-state index is -3.80. The predicted molar refractivity (Wildman–Crippen MR) is 72.1 cm³/mol. The van der Waals surface area contributed by atoms with Crippen LogP contribution in [0.1, 0.15) is 34.8 Å². The van der Waals surface area contributed by atoms with Crippen molar-refractivity contribution >= 4 is 27.3 Å². The van der Waals surface area contributed by atoms with Gasteiger partial charge in [0.15, 0.2) is 0 Å². The number of aliphatic hydroxyl groups excluding tert-OH is 1. The van der Waals surface area contributed by atoms with Crippen molar-refractivity contribution in [3.05, 3.63) is 15.8 Å². The zero-order valence-electron chi connectivity index (χ0n) is 10.9. The Labute approximate surface area is 116 Å². The van der Waals surface area contributed by atoms with Crippen LogP contribution in [0.2, 0.25) is 0 Å². The number of aliphatic hydroxyl groups is 1. The number of aromatic carboxylic acids is 1. The molecule has 8 heteroatoms. The summed E-state index contributed by atoms with van der Waals surface area (Å²) in [5.41, 5.74) is -0.800. The highest BCUT2D eigenvalue weighted by Gasteiger charge is 2.28. The molecule has 1 heterocycles. The van der Waals surface area contributed by atoms with Gasteiger partial charge in [0.2, 0.25) is 10.0 Å². The minimum Gasteiger partial charge on any atom is -0.477 e. The van der Waals surface area contributed by atoms with Gasteiger partial charge in [0, 0.05) is 17.0 Å². The van der Waals surface area contributed by atoms with Crippen LogP contribution in [0.4, 0.5) is 0 Å². The van der Waals surface area contributed by atoms with Crippen LogP contribution in [0.25, 0.3) is 0 Å². The Balaban J connectivity index is 3.11. The Morgan fingerprint density at radius 3 is 2.47 bits per heavy atom. The highest BCUT2D eigenvalue weighted by molar-refractivity contribution is 7.89. The number of aryl methyl sites for hydroxylation is 1. The van der Waals surface area contributed by atoms with E-state index >= 15 is 0 Å². The summed E-state index contributed by atoms with van der Waals surface area (Å²) < 4.78 is 26.9. The van der Waals surface area contributed by atoms with Crippen molar-refractivity contribution < 1.29 is 23.4 Å². The second-order valence-electron chi connectivity index (χ2n) is 4.80. The smallest absolute Gasteiger partial charge is 0.345 e. The summed E-state index contributed by atoms with van der Waals surface area (Å²) in [4.78, 5) is 11.2. The molecular weight excluding hydrogens is 290 g/mol. The van der Waals surface area contributed by atoms with Crippen LogP contribution >= 0.6 is 11.3 Å². The fourth-order valence-electron chi connectivity index (χ4n) is 1.59. The van der Waals surface area contributed by atoms with Crippen molar-refractivity contribution in [1.29, 1.82) is 0 Å². The molecule has 3 N–H and O–H groups in total. The normalized spacial score (nSPS) is 12.6. The molecule has 0 amide bonds. The maximum atomic E-state index is 12.2. The number of carboxylic acid groups (broad SMARTS) is 1. The molecule has 0 unspecified atom stereocenters. The zero-order valence-corrected chi connectivity index (χ0v) is 12.6. The molecule has 19 heavy (non-hydrogen) atoms. The van der Waals surface area contributed by atoms with Crippen molar-refractivity contribution in [2.45, 2.75) is 37.6 Å². The van der Waals surface area contributed by atoms with Gasteiger partial charge >= 0.3 is 5.97 Å². The van der Waals surface area contributed by atoms with Crippen molar-refractivity contribution in [3.63, 3.8) is 0 Å². The van der Waals surface area contributed by atoms with Crippen LogP contribution in [-0.4, -0.2) is 36.7 Å². The van der Waals surface area contributed by atoms with Crippen LogP contribution in [-0.2, 0) is 10.0 Å². The topological polar surface area (TPSA) is 104 Å². The molecule has 0 aliphatic heterocycles. The van der Waals surface area contributed by atoms with Gasteiger partial charge in [-0.15, -0.1) is 11.3 Å². The lowest BCUT2D eigenvalue weighted by atomic mass is 10.0. The van der Waals surface area contributed by atoms with Crippen molar-refractivity contribution in [1.82, 2.24) is 4.72 Å². The highest BCUT2D eigenvalue weighted by Crippen LogP contribution is 2.27. The quantitative estimate of drug-likeness (QED) is 0.732. The largest absolute Gasteiger partial charge is 0.477 e. The summed E-state index contributed by atoms with van der Waals surface area (Å²) in [6.45, 7) is 4.73. The summed E-state index contributed by atoms with van der Waals surface area (Å²) in [7, 11) is -3.80. The number of nitrogens with one attached hydrogen (secondary N) is 1. The third-order valence-corrected chi connectivity index (χ3v) is 5.51. The van der Waals surface area contributed by atoms with E-state index < -0.39 is 21.5 Å². The fraction of sp³-hybridized carbons (Fsp3) is 0.545. The first-order valence-electron chi connectivity index (χ1n) is 5.57. The van der Waals surface area contributed by atoms with Gasteiger partial charge in [-0.05, 0) is 33.3 Å². The summed E-state index contributed by atoms with van der Waals surface area (Å²) >= 11 is 0.921.